The number of hydrogen-bond donors (Lipinski definition) is 1. The molecule has 0 spiro atoms. The van der Waals surface area contributed by atoms with Gasteiger partial charge in [-0.15, -0.1) is 5.10 Å². The summed E-state index contributed by atoms with van der Waals surface area (Å²) in [5.41, 5.74) is 4.45. The van der Waals surface area contributed by atoms with Gasteiger partial charge in [0.25, 0.3) is 5.56 Å². The number of pyridine rings is 2. The molecule has 1 N–H and O–H groups in total. The molecule has 9 nitrogen and oxygen atoms in total. The van der Waals surface area contributed by atoms with E-state index in [0.29, 0.717) is 31.0 Å². The van der Waals surface area contributed by atoms with Gasteiger partial charge in [-0.05, 0) is 64.4 Å². The molecule has 1 aliphatic rings. The van der Waals surface area contributed by atoms with Crippen LogP contribution in [0.15, 0.2) is 83.9 Å². The third-order valence-electron chi connectivity index (χ3n) is 7.32. The highest BCUT2D eigenvalue weighted by Gasteiger charge is 2.32. The molecule has 9 heteroatoms. The van der Waals surface area contributed by atoms with Gasteiger partial charge in [-0.25, -0.2) is 4.68 Å². The molecule has 1 saturated heterocycles. The van der Waals surface area contributed by atoms with Crippen molar-refractivity contribution in [1.29, 1.82) is 0 Å². The third kappa shape index (κ3) is 5.50. The van der Waals surface area contributed by atoms with Crippen molar-refractivity contribution in [3.63, 3.8) is 0 Å². The number of ether oxygens (including phenoxy) is 1. The Hall–Kier alpha value is -4.21. The SMILES string of the molecule is Cc1cccc2cc(C(c3nnnn3CC3CCCO3)N(Cc3ccccc3)Cc3cccnc3)c(=O)[nH]c12. The zero-order valence-corrected chi connectivity index (χ0v) is 21.9. The number of hydrogen-bond acceptors (Lipinski definition) is 7. The van der Waals surface area contributed by atoms with Crippen molar-refractivity contribution in [2.24, 2.45) is 0 Å². The Labute approximate surface area is 226 Å². The summed E-state index contributed by atoms with van der Waals surface area (Å²) < 4.78 is 7.71. The Kier molecular flexibility index (Phi) is 7.25. The maximum Gasteiger partial charge on any atom is 0.253 e. The summed E-state index contributed by atoms with van der Waals surface area (Å²) in [6.45, 7) is 4.41. The van der Waals surface area contributed by atoms with Gasteiger partial charge in [-0.3, -0.25) is 14.7 Å². The monoisotopic (exact) mass is 521 g/mol. The van der Waals surface area contributed by atoms with Crippen LogP contribution in [0.1, 0.15) is 47.0 Å². The summed E-state index contributed by atoms with van der Waals surface area (Å²) in [6, 6.07) is 21.7. The fourth-order valence-electron chi connectivity index (χ4n) is 5.40. The molecule has 0 aliphatic carbocycles. The molecule has 5 aromatic rings. The number of aryl methyl sites for hydroxylation is 1. The van der Waals surface area contributed by atoms with Gasteiger partial charge in [0.1, 0.15) is 6.04 Å². The lowest BCUT2D eigenvalue weighted by Gasteiger charge is -2.31. The second kappa shape index (κ2) is 11.3. The number of para-hydroxylation sites is 1. The largest absolute Gasteiger partial charge is 0.376 e. The fraction of sp³-hybridized carbons (Fsp3) is 0.300. The first-order valence-corrected chi connectivity index (χ1v) is 13.3. The van der Waals surface area contributed by atoms with E-state index in [4.69, 9.17) is 4.74 Å². The lowest BCUT2D eigenvalue weighted by molar-refractivity contribution is 0.0903. The van der Waals surface area contributed by atoms with E-state index < -0.39 is 6.04 Å². The molecule has 39 heavy (non-hydrogen) atoms. The van der Waals surface area contributed by atoms with Crippen molar-refractivity contribution in [3.05, 3.63) is 118 Å². The molecule has 0 saturated carbocycles. The number of aromatic amines is 1. The van der Waals surface area contributed by atoms with Crippen LogP contribution in [0.2, 0.25) is 0 Å². The molecule has 3 aromatic heterocycles. The number of rotatable bonds is 9. The predicted molar refractivity (Wildman–Crippen MR) is 148 cm³/mol. The molecule has 2 atom stereocenters. The van der Waals surface area contributed by atoms with E-state index in [1.165, 1.54) is 0 Å². The minimum Gasteiger partial charge on any atom is -0.376 e. The fourth-order valence-corrected chi connectivity index (χ4v) is 5.40. The van der Waals surface area contributed by atoms with Crippen LogP contribution in [0.4, 0.5) is 0 Å². The summed E-state index contributed by atoms with van der Waals surface area (Å²) >= 11 is 0. The summed E-state index contributed by atoms with van der Waals surface area (Å²) in [5.74, 6) is 0.614. The van der Waals surface area contributed by atoms with Crippen LogP contribution in [0.25, 0.3) is 10.9 Å². The number of aromatic nitrogens is 6. The van der Waals surface area contributed by atoms with Crippen molar-refractivity contribution in [3.8, 4) is 0 Å². The van der Waals surface area contributed by atoms with Gasteiger partial charge in [0.15, 0.2) is 5.82 Å². The van der Waals surface area contributed by atoms with Crippen molar-refractivity contribution in [2.45, 2.75) is 51.5 Å². The number of nitrogens with one attached hydrogen (secondary N) is 1. The maximum atomic E-state index is 13.8. The average molecular weight is 522 g/mol. The van der Waals surface area contributed by atoms with E-state index in [-0.39, 0.29) is 11.7 Å². The molecule has 6 rings (SSSR count). The molecule has 0 bridgehead atoms. The Balaban J connectivity index is 1.51. The van der Waals surface area contributed by atoms with Gasteiger partial charge < -0.3 is 9.72 Å². The number of fused-ring (bicyclic) bond motifs is 1. The minimum atomic E-state index is -0.518. The van der Waals surface area contributed by atoms with Crippen LogP contribution in [0, 0.1) is 6.92 Å². The lowest BCUT2D eigenvalue weighted by Crippen LogP contribution is -2.35. The maximum absolute atomic E-state index is 13.8. The van der Waals surface area contributed by atoms with Crippen LogP contribution < -0.4 is 5.56 Å². The van der Waals surface area contributed by atoms with Crippen LogP contribution in [0.5, 0.6) is 0 Å². The van der Waals surface area contributed by atoms with E-state index >= 15 is 0 Å². The summed E-state index contributed by atoms with van der Waals surface area (Å²) in [5, 5.41) is 13.9. The quantitative estimate of drug-likeness (QED) is 0.310. The van der Waals surface area contributed by atoms with Crippen molar-refractivity contribution in [2.75, 3.05) is 6.61 Å². The van der Waals surface area contributed by atoms with Crippen LogP contribution in [-0.2, 0) is 24.4 Å². The molecule has 1 fully saturated rings. The average Bonchev–Trinajstić information content (AvgIpc) is 3.64. The first-order chi connectivity index (χ1) is 19.2. The van der Waals surface area contributed by atoms with Gasteiger partial charge in [0.05, 0.1) is 18.2 Å². The standard InChI is InChI=1S/C30H31N7O2/c1-21-8-5-12-24-16-26(30(38)32-27(21)24)28(29-33-34-35-37(29)20-25-13-7-15-39-25)36(18-22-9-3-2-4-10-22)19-23-11-6-14-31-17-23/h2-6,8-12,14,16-17,25,28H,7,13,15,18-20H2,1H3,(H,32,38). The molecule has 0 amide bonds. The number of nitrogens with zero attached hydrogens (tertiary/aromatic N) is 6. The van der Waals surface area contributed by atoms with Gasteiger partial charge in [0, 0.05) is 37.7 Å². The molecule has 0 radical (unpaired) electrons. The number of benzene rings is 2. The Morgan fingerprint density at radius 1 is 1.08 bits per heavy atom. The normalized spacial score (nSPS) is 16.2. The van der Waals surface area contributed by atoms with E-state index in [9.17, 15) is 4.79 Å². The highest BCUT2D eigenvalue weighted by Crippen LogP contribution is 2.31. The van der Waals surface area contributed by atoms with Crippen LogP contribution >= 0.6 is 0 Å². The van der Waals surface area contributed by atoms with Crippen molar-refractivity contribution in [1.82, 2.24) is 35.1 Å². The Morgan fingerprint density at radius 2 is 1.92 bits per heavy atom. The second-order valence-corrected chi connectivity index (χ2v) is 10.1. The van der Waals surface area contributed by atoms with Crippen LogP contribution in [0.3, 0.4) is 0 Å². The smallest absolute Gasteiger partial charge is 0.253 e. The first-order valence-electron chi connectivity index (χ1n) is 13.3. The van der Waals surface area contributed by atoms with E-state index in [2.05, 4.69) is 42.5 Å². The van der Waals surface area contributed by atoms with E-state index in [0.717, 1.165) is 47.0 Å². The molecule has 2 unspecified atom stereocenters. The number of tetrazole rings is 1. The van der Waals surface area contributed by atoms with Gasteiger partial charge in [-0.1, -0.05) is 54.6 Å². The summed E-state index contributed by atoms with van der Waals surface area (Å²) in [4.78, 5) is 23.5. The molecule has 2 aromatic carbocycles. The summed E-state index contributed by atoms with van der Waals surface area (Å²) in [6.07, 6.45) is 5.66. The molecule has 1 aliphatic heterocycles. The second-order valence-electron chi connectivity index (χ2n) is 10.1. The van der Waals surface area contributed by atoms with Crippen LogP contribution in [-0.4, -0.2) is 47.8 Å². The molecular weight excluding hydrogens is 490 g/mol. The van der Waals surface area contributed by atoms with Crippen molar-refractivity contribution >= 4 is 10.9 Å². The first kappa shape index (κ1) is 25.1. The zero-order valence-electron chi connectivity index (χ0n) is 21.9. The van der Waals surface area contributed by atoms with Crippen molar-refractivity contribution < 1.29 is 4.74 Å². The molecular formula is C30H31N7O2. The van der Waals surface area contributed by atoms with E-state index in [1.54, 1.807) is 6.20 Å². The predicted octanol–water partition coefficient (Wildman–Crippen LogP) is 4.19. The van der Waals surface area contributed by atoms with Gasteiger partial charge in [0.2, 0.25) is 0 Å². The molecule has 4 heterocycles. The third-order valence-corrected chi connectivity index (χ3v) is 7.32. The number of H-pyrrole nitrogens is 1. The highest BCUT2D eigenvalue weighted by molar-refractivity contribution is 5.82. The Bertz CT molecular complexity index is 1550. The molecule has 198 valence electrons. The highest BCUT2D eigenvalue weighted by atomic mass is 16.5. The zero-order chi connectivity index (χ0) is 26.6. The van der Waals surface area contributed by atoms with E-state index in [1.807, 2.05) is 72.4 Å². The summed E-state index contributed by atoms with van der Waals surface area (Å²) in [7, 11) is 0. The topological polar surface area (TPSA) is 102 Å². The van der Waals surface area contributed by atoms with Gasteiger partial charge in [-0.2, -0.15) is 0 Å². The van der Waals surface area contributed by atoms with Gasteiger partial charge >= 0.3 is 0 Å². The Morgan fingerprint density at radius 3 is 2.72 bits per heavy atom. The lowest BCUT2D eigenvalue weighted by atomic mass is 10.0. The minimum absolute atomic E-state index is 0.0475.